The molecule has 2 aromatic heterocycles. The number of benzene rings is 2. The summed E-state index contributed by atoms with van der Waals surface area (Å²) in [6.45, 7) is 3.72. The van der Waals surface area contributed by atoms with Crippen molar-refractivity contribution in [2.75, 3.05) is 12.4 Å². The molecule has 144 valence electrons. The summed E-state index contributed by atoms with van der Waals surface area (Å²) < 4.78 is 8.45. The van der Waals surface area contributed by atoms with Crippen LogP contribution in [-0.2, 0) is 4.79 Å². The summed E-state index contributed by atoms with van der Waals surface area (Å²) in [7, 11) is 1.55. The van der Waals surface area contributed by atoms with E-state index in [9.17, 15) is 4.79 Å². The first-order chi connectivity index (χ1) is 13.5. The van der Waals surface area contributed by atoms with E-state index in [1.54, 1.807) is 30.6 Å². The maximum absolute atomic E-state index is 12.8. The molecule has 0 aliphatic carbocycles. The highest BCUT2D eigenvalue weighted by Gasteiger charge is 2.21. The molecule has 0 bridgehead atoms. The zero-order valence-corrected chi connectivity index (χ0v) is 17.8. The minimum absolute atomic E-state index is 0.152. The number of fused-ring (bicyclic) bond motifs is 3. The van der Waals surface area contributed by atoms with Crippen molar-refractivity contribution in [3.8, 4) is 5.75 Å². The normalized spacial score (nSPS) is 12.4. The van der Waals surface area contributed by atoms with Gasteiger partial charge in [0.2, 0.25) is 10.9 Å². The number of aryl methyl sites for hydroxylation is 1. The first-order valence-corrected chi connectivity index (χ1v) is 10.6. The maximum Gasteiger partial charge on any atom is 0.237 e. The van der Waals surface area contributed by atoms with Gasteiger partial charge in [0.25, 0.3) is 0 Å². The number of rotatable bonds is 5. The number of carbonyl (C=O) groups excluding carboxylic acids is 1. The van der Waals surface area contributed by atoms with Crippen LogP contribution in [0.3, 0.4) is 0 Å². The second-order valence-electron chi connectivity index (χ2n) is 6.22. The van der Waals surface area contributed by atoms with Gasteiger partial charge < -0.3 is 10.1 Å². The predicted molar refractivity (Wildman–Crippen MR) is 115 cm³/mol. The molecule has 6 nitrogen and oxygen atoms in total. The van der Waals surface area contributed by atoms with Crippen molar-refractivity contribution in [1.29, 1.82) is 0 Å². The average Bonchev–Trinajstić information content (AvgIpc) is 3.24. The van der Waals surface area contributed by atoms with E-state index >= 15 is 0 Å². The van der Waals surface area contributed by atoms with Gasteiger partial charge >= 0.3 is 0 Å². The third-order valence-electron chi connectivity index (χ3n) is 4.30. The Morgan fingerprint density at radius 1 is 1.32 bits per heavy atom. The van der Waals surface area contributed by atoms with E-state index in [4.69, 9.17) is 16.3 Å². The summed E-state index contributed by atoms with van der Waals surface area (Å²) in [5.41, 5.74) is 2.49. The molecule has 1 N–H and O–H groups in total. The lowest BCUT2D eigenvalue weighted by molar-refractivity contribution is -0.115. The predicted octanol–water partition coefficient (Wildman–Crippen LogP) is 5.03. The molecule has 1 amide bonds. The highest BCUT2D eigenvalue weighted by atomic mass is 35.5. The van der Waals surface area contributed by atoms with Crippen molar-refractivity contribution < 1.29 is 9.53 Å². The van der Waals surface area contributed by atoms with Gasteiger partial charge in [0.15, 0.2) is 5.16 Å². The molecule has 4 rings (SSSR count). The van der Waals surface area contributed by atoms with Crippen LogP contribution in [-0.4, -0.2) is 32.9 Å². The molecule has 0 spiro atoms. The van der Waals surface area contributed by atoms with Crippen molar-refractivity contribution in [3.63, 3.8) is 0 Å². The molecule has 2 heterocycles. The molecular formula is C19H17ClN4O2S2. The van der Waals surface area contributed by atoms with Gasteiger partial charge in [-0.15, -0.1) is 10.2 Å². The molecule has 2 aromatic carbocycles. The van der Waals surface area contributed by atoms with E-state index in [0.29, 0.717) is 21.6 Å². The van der Waals surface area contributed by atoms with Crippen LogP contribution < -0.4 is 10.1 Å². The van der Waals surface area contributed by atoms with Crippen LogP contribution in [0, 0.1) is 6.92 Å². The number of aromatic nitrogens is 3. The molecule has 0 aliphatic rings. The summed E-state index contributed by atoms with van der Waals surface area (Å²) in [5, 5.41) is 12.3. The van der Waals surface area contributed by atoms with Crippen LogP contribution in [0.4, 0.5) is 5.69 Å². The first-order valence-electron chi connectivity index (χ1n) is 8.52. The number of halogens is 1. The Hall–Kier alpha value is -2.29. The fraction of sp³-hybridized carbons (Fsp3) is 0.211. The van der Waals surface area contributed by atoms with Gasteiger partial charge in [-0.05, 0) is 37.6 Å². The Balaban J connectivity index is 1.57. The smallest absolute Gasteiger partial charge is 0.237 e. The quantitative estimate of drug-likeness (QED) is 0.448. The second-order valence-corrected chi connectivity index (χ2v) is 8.95. The molecule has 28 heavy (non-hydrogen) atoms. The number of carbonyl (C=O) groups is 1. The Morgan fingerprint density at radius 3 is 2.89 bits per heavy atom. The zero-order valence-electron chi connectivity index (χ0n) is 15.4. The largest absolute Gasteiger partial charge is 0.495 e. The van der Waals surface area contributed by atoms with Crippen molar-refractivity contribution >= 4 is 61.5 Å². The minimum atomic E-state index is -0.383. The molecule has 9 heteroatoms. The Kier molecular flexibility index (Phi) is 5.18. The van der Waals surface area contributed by atoms with Gasteiger partial charge in [-0.1, -0.05) is 46.8 Å². The summed E-state index contributed by atoms with van der Waals surface area (Å²) in [6.07, 6.45) is 0. The molecule has 0 aliphatic heterocycles. The van der Waals surface area contributed by atoms with Gasteiger partial charge in [-0.25, -0.2) is 0 Å². The van der Waals surface area contributed by atoms with Gasteiger partial charge in [-0.3, -0.25) is 9.20 Å². The lowest BCUT2D eigenvalue weighted by atomic mass is 10.2. The number of hydrogen-bond acceptors (Lipinski definition) is 6. The van der Waals surface area contributed by atoms with Gasteiger partial charge in [-0.2, -0.15) is 0 Å². The lowest BCUT2D eigenvalue weighted by Crippen LogP contribution is -2.23. The minimum Gasteiger partial charge on any atom is -0.495 e. The molecule has 1 atom stereocenters. The number of thiazole rings is 1. The van der Waals surface area contributed by atoms with E-state index in [1.165, 1.54) is 11.8 Å². The third kappa shape index (κ3) is 3.43. The van der Waals surface area contributed by atoms with Crippen LogP contribution in [0.1, 0.15) is 12.5 Å². The number of nitrogens with one attached hydrogen (secondary N) is 1. The lowest BCUT2D eigenvalue weighted by Gasteiger charge is -2.15. The second kappa shape index (κ2) is 7.62. The van der Waals surface area contributed by atoms with Crippen molar-refractivity contribution in [2.24, 2.45) is 0 Å². The van der Waals surface area contributed by atoms with Gasteiger partial charge in [0.05, 0.1) is 28.3 Å². The van der Waals surface area contributed by atoms with Crippen LogP contribution in [0.2, 0.25) is 5.02 Å². The zero-order chi connectivity index (χ0) is 19.8. The highest BCUT2D eigenvalue weighted by Crippen LogP contribution is 2.33. The molecule has 0 saturated heterocycles. The van der Waals surface area contributed by atoms with Crippen LogP contribution >= 0.6 is 34.7 Å². The Labute approximate surface area is 174 Å². The van der Waals surface area contributed by atoms with Crippen molar-refractivity contribution in [3.05, 3.63) is 47.0 Å². The van der Waals surface area contributed by atoms with E-state index < -0.39 is 0 Å². The number of para-hydroxylation sites is 1. The average molecular weight is 433 g/mol. The third-order valence-corrected chi connectivity index (χ3v) is 6.76. The molecule has 1 unspecified atom stereocenters. The van der Waals surface area contributed by atoms with Crippen LogP contribution in [0.15, 0.2) is 41.6 Å². The van der Waals surface area contributed by atoms with E-state index in [0.717, 1.165) is 20.7 Å². The molecule has 0 radical (unpaired) electrons. The maximum atomic E-state index is 12.8. The number of hydrogen-bond donors (Lipinski definition) is 1. The van der Waals surface area contributed by atoms with Gasteiger partial charge in [0.1, 0.15) is 5.75 Å². The highest BCUT2D eigenvalue weighted by molar-refractivity contribution is 8.00. The Bertz CT molecular complexity index is 1190. The monoisotopic (exact) mass is 432 g/mol. The molecule has 0 fully saturated rings. The number of ether oxygens (including phenoxy) is 1. The number of amides is 1. The molecule has 0 saturated carbocycles. The molecular weight excluding hydrogens is 416 g/mol. The standard InChI is InChI=1S/C19H17ClN4O2S2/c1-10-8-13(15(26-3)9-12(10)20)21-17(25)11(2)27-18-22-23-19-24(18)14-6-4-5-7-16(14)28-19/h4-9,11H,1-3H3,(H,21,25). The first kappa shape index (κ1) is 19.0. The van der Waals surface area contributed by atoms with Crippen LogP contribution in [0.5, 0.6) is 5.75 Å². The topological polar surface area (TPSA) is 68.5 Å². The van der Waals surface area contributed by atoms with Gasteiger partial charge in [0, 0.05) is 11.1 Å². The number of nitrogens with zero attached hydrogens (tertiary/aromatic N) is 3. The van der Waals surface area contributed by atoms with E-state index in [-0.39, 0.29) is 11.2 Å². The summed E-state index contributed by atoms with van der Waals surface area (Å²) in [4.78, 5) is 13.6. The molecule has 4 aromatic rings. The van der Waals surface area contributed by atoms with Crippen molar-refractivity contribution in [2.45, 2.75) is 24.3 Å². The summed E-state index contributed by atoms with van der Waals surface area (Å²) >= 11 is 9.08. The van der Waals surface area contributed by atoms with Crippen molar-refractivity contribution in [1.82, 2.24) is 14.6 Å². The SMILES string of the molecule is COc1cc(Cl)c(C)cc1NC(=O)C(C)Sc1nnc2sc3ccccc3n12. The van der Waals surface area contributed by atoms with E-state index in [1.807, 2.05) is 36.4 Å². The van der Waals surface area contributed by atoms with E-state index in [2.05, 4.69) is 21.6 Å². The summed E-state index contributed by atoms with van der Waals surface area (Å²) in [6, 6.07) is 11.6. The Morgan fingerprint density at radius 2 is 2.11 bits per heavy atom. The number of methoxy groups -OCH3 is 1. The fourth-order valence-electron chi connectivity index (χ4n) is 2.81. The number of anilines is 1. The fourth-order valence-corrected chi connectivity index (χ4v) is 4.84. The van der Waals surface area contributed by atoms with Crippen LogP contribution in [0.25, 0.3) is 15.2 Å². The summed E-state index contributed by atoms with van der Waals surface area (Å²) in [5.74, 6) is 0.371. The number of thioether (sulfide) groups is 1.